The van der Waals surface area contributed by atoms with E-state index in [4.69, 9.17) is 14.2 Å². The molecule has 0 unspecified atom stereocenters. The second-order valence-corrected chi connectivity index (χ2v) is 3.16. The Labute approximate surface area is 71.4 Å². The minimum atomic E-state index is -0.472. The lowest BCUT2D eigenvalue weighted by Crippen LogP contribution is -2.32. The number of rotatable bonds is 2. The molecule has 12 heavy (non-hydrogen) atoms. The van der Waals surface area contributed by atoms with E-state index in [9.17, 15) is 5.11 Å². The van der Waals surface area contributed by atoms with Crippen molar-refractivity contribution in [2.24, 2.45) is 0 Å². The van der Waals surface area contributed by atoms with Crippen LogP contribution in [0.4, 0.5) is 0 Å². The van der Waals surface area contributed by atoms with Gasteiger partial charge in [-0.05, 0) is 6.92 Å². The van der Waals surface area contributed by atoms with Crippen molar-refractivity contribution in [3.8, 4) is 0 Å². The highest BCUT2D eigenvalue weighted by Gasteiger charge is 2.47. The molecule has 2 fully saturated rings. The Hall–Kier alpha value is -0.160. The number of hydrogen-bond acceptors (Lipinski definition) is 4. The van der Waals surface area contributed by atoms with Gasteiger partial charge in [-0.2, -0.15) is 0 Å². The van der Waals surface area contributed by atoms with E-state index in [1.165, 1.54) is 0 Å². The van der Waals surface area contributed by atoms with Gasteiger partial charge in [0.05, 0.1) is 13.2 Å². The van der Waals surface area contributed by atoms with E-state index in [0.29, 0.717) is 19.8 Å². The number of fused-ring (bicyclic) bond motifs is 1. The van der Waals surface area contributed by atoms with Crippen molar-refractivity contribution in [1.82, 2.24) is 0 Å². The Morgan fingerprint density at radius 1 is 1.33 bits per heavy atom. The van der Waals surface area contributed by atoms with Crippen LogP contribution in [0.5, 0.6) is 0 Å². The molecule has 0 aromatic rings. The highest BCUT2D eigenvalue weighted by atomic mass is 16.6. The molecule has 2 aliphatic rings. The number of ether oxygens (including phenoxy) is 3. The topological polar surface area (TPSA) is 47.9 Å². The third kappa shape index (κ3) is 1.25. The molecule has 0 radical (unpaired) electrons. The number of hydrogen-bond donors (Lipinski definition) is 1. The van der Waals surface area contributed by atoms with Gasteiger partial charge in [0.15, 0.2) is 0 Å². The maximum Gasteiger partial charge on any atom is 0.115 e. The molecule has 4 nitrogen and oxygen atoms in total. The molecular formula is C8H14O4. The first-order chi connectivity index (χ1) is 5.83. The largest absolute Gasteiger partial charge is 0.388 e. The predicted octanol–water partition coefficient (Wildman–Crippen LogP) is -0.450. The molecule has 2 rings (SSSR count). The van der Waals surface area contributed by atoms with E-state index in [1.807, 2.05) is 6.92 Å². The van der Waals surface area contributed by atoms with Gasteiger partial charge in [0, 0.05) is 6.61 Å². The van der Waals surface area contributed by atoms with Crippen LogP contribution in [-0.2, 0) is 14.2 Å². The molecule has 4 atom stereocenters. The molecule has 0 aromatic carbocycles. The van der Waals surface area contributed by atoms with Gasteiger partial charge in [-0.25, -0.2) is 0 Å². The minimum absolute atomic E-state index is 0.0112. The molecule has 2 heterocycles. The number of aliphatic hydroxyl groups is 1. The van der Waals surface area contributed by atoms with Crippen LogP contribution in [0.1, 0.15) is 6.92 Å². The fourth-order valence-electron chi connectivity index (χ4n) is 1.80. The molecule has 1 N–H and O–H groups in total. The van der Waals surface area contributed by atoms with Crippen LogP contribution in [0.25, 0.3) is 0 Å². The van der Waals surface area contributed by atoms with Gasteiger partial charge in [-0.3, -0.25) is 0 Å². The highest BCUT2D eigenvalue weighted by molar-refractivity contribution is 4.94. The SMILES string of the molecule is CCO[C@H]1CO[C@@H]2[C@H]1OC[C@@H]2O. The molecular weight excluding hydrogens is 160 g/mol. The summed E-state index contributed by atoms with van der Waals surface area (Å²) in [4.78, 5) is 0. The van der Waals surface area contributed by atoms with Gasteiger partial charge in [0.1, 0.15) is 24.4 Å². The van der Waals surface area contributed by atoms with Crippen LogP contribution in [0.15, 0.2) is 0 Å². The zero-order chi connectivity index (χ0) is 8.55. The van der Waals surface area contributed by atoms with E-state index in [1.54, 1.807) is 0 Å². The van der Waals surface area contributed by atoms with E-state index < -0.39 is 6.10 Å². The summed E-state index contributed by atoms with van der Waals surface area (Å²) in [7, 11) is 0. The maximum atomic E-state index is 9.38. The second-order valence-electron chi connectivity index (χ2n) is 3.16. The molecule has 0 saturated carbocycles. The predicted molar refractivity (Wildman–Crippen MR) is 40.9 cm³/mol. The van der Waals surface area contributed by atoms with Gasteiger partial charge in [-0.1, -0.05) is 0 Å². The first-order valence-corrected chi connectivity index (χ1v) is 4.35. The van der Waals surface area contributed by atoms with Crippen LogP contribution in [0, 0.1) is 0 Å². The van der Waals surface area contributed by atoms with Crippen molar-refractivity contribution in [2.45, 2.75) is 31.3 Å². The Morgan fingerprint density at radius 3 is 2.83 bits per heavy atom. The van der Waals surface area contributed by atoms with Crippen molar-refractivity contribution < 1.29 is 19.3 Å². The first kappa shape index (κ1) is 8.44. The monoisotopic (exact) mass is 174 g/mol. The van der Waals surface area contributed by atoms with Gasteiger partial charge in [-0.15, -0.1) is 0 Å². The summed E-state index contributed by atoms with van der Waals surface area (Å²) >= 11 is 0. The average molecular weight is 174 g/mol. The van der Waals surface area contributed by atoms with Gasteiger partial charge >= 0.3 is 0 Å². The molecule has 0 aromatic heterocycles. The van der Waals surface area contributed by atoms with E-state index in [0.717, 1.165) is 0 Å². The van der Waals surface area contributed by atoms with E-state index in [-0.39, 0.29) is 18.3 Å². The zero-order valence-corrected chi connectivity index (χ0v) is 7.10. The Kier molecular flexibility index (Phi) is 2.32. The first-order valence-electron chi connectivity index (χ1n) is 4.35. The van der Waals surface area contributed by atoms with E-state index in [2.05, 4.69) is 0 Å². The third-order valence-corrected chi connectivity index (χ3v) is 2.36. The van der Waals surface area contributed by atoms with Crippen LogP contribution in [-0.4, -0.2) is 49.3 Å². The summed E-state index contributed by atoms with van der Waals surface area (Å²) in [5.74, 6) is 0. The maximum absolute atomic E-state index is 9.38. The fraction of sp³-hybridized carbons (Fsp3) is 1.00. The van der Waals surface area contributed by atoms with Crippen molar-refractivity contribution in [3.05, 3.63) is 0 Å². The minimum Gasteiger partial charge on any atom is -0.388 e. The molecule has 0 spiro atoms. The Balaban J connectivity index is 1.96. The normalized spacial score (nSPS) is 46.5. The zero-order valence-electron chi connectivity index (χ0n) is 7.10. The third-order valence-electron chi connectivity index (χ3n) is 2.36. The summed E-state index contributed by atoms with van der Waals surface area (Å²) < 4.78 is 16.1. The Morgan fingerprint density at radius 2 is 2.08 bits per heavy atom. The van der Waals surface area contributed by atoms with Gasteiger partial charge in [0.25, 0.3) is 0 Å². The second kappa shape index (κ2) is 3.30. The summed E-state index contributed by atoms with van der Waals surface area (Å²) in [5, 5.41) is 9.38. The smallest absolute Gasteiger partial charge is 0.115 e. The lowest BCUT2D eigenvalue weighted by molar-refractivity contribution is -0.0327. The van der Waals surface area contributed by atoms with Crippen LogP contribution in [0.2, 0.25) is 0 Å². The van der Waals surface area contributed by atoms with E-state index >= 15 is 0 Å². The quantitative estimate of drug-likeness (QED) is 0.616. The lowest BCUT2D eigenvalue weighted by atomic mass is 10.1. The standard InChI is InChI=1S/C8H14O4/c1-2-10-6-4-12-7-5(9)3-11-8(6)7/h5-9H,2-4H2,1H3/t5-,6-,7-,8-/m0/s1. The van der Waals surface area contributed by atoms with Crippen LogP contribution < -0.4 is 0 Å². The van der Waals surface area contributed by atoms with Gasteiger partial charge < -0.3 is 19.3 Å². The molecule has 70 valence electrons. The molecule has 4 heteroatoms. The van der Waals surface area contributed by atoms with Crippen molar-refractivity contribution in [1.29, 1.82) is 0 Å². The van der Waals surface area contributed by atoms with Gasteiger partial charge in [0.2, 0.25) is 0 Å². The number of aliphatic hydroxyl groups excluding tert-OH is 1. The van der Waals surface area contributed by atoms with Crippen molar-refractivity contribution in [3.63, 3.8) is 0 Å². The summed E-state index contributed by atoms with van der Waals surface area (Å²) in [6.45, 7) is 3.52. The lowest BCUT2D eigenvalue weighted by Gasteiger charge is -2.14. The van der Waals surface area contributed by atoms with Crippen LogP contribution in [0.3, 0.4) is 0 Å². The van der Waals surface area contributed by atoms with Crippen LogP contribution >= 0.6 is 0 Å². The molecule has 0 bridgehead atoms. The summed E-state index contributed by atoms with van der Waals surface area (Å²) in [6, 6.07) is 0. The summed E-state index contributed by atoms with van der Waals surface area (Å²) in [6.07, 6.45) is -0.681. The summed E-state index contributed by atoms with van der Waals surface area (Å²) in [5.41, 5.74) is 0. The fourth-order valence-corrected chi connectivity index (χ4v) is 1.80. The Bertz CT molecular complexity index is 161. The molecule has 0 aliphatic carbocycles. The molecule has 2 aliphatic heterocycles. The molecule has 0 amide bonds. The highest BCUT2D eigenvalue weighted by Crippen LogP contribution is 2.28. The van der Waals surface area contributed by atoms with Crippen molar-refractivity contribution >= 4 is 0 Å². The average Bonchev–Trinajstić information content (AvgIpc) is 2.58. The molecule has 2 saturated heterocycles. The van der Waals surface area contributed by atoms with Crippen molar-refractivity contribution in [2.75, 3.05) is 19.8 Å².